The molecule has 3 aromatic rings. The van der Waals surface area contributed by atoms with Crippen LogP contribution in [0.1, 0.15) is 35.2 Å². The molecule has 1 aromatic heterocycles. The molecule has 1 aliphatic rings. The van der Waals surface area contributed by atoms with Crippen molar-refractivity contribution in [3.8, 4) is 5.75 Å². The van der Waals surface area contributed by atoms with E-state index >= 15 is 0 Å². The zero-order valence-electron chi connectivity index (χ0n) is 14.3. The van der Waals surface area contributed by atoms with Crippen LogP contribution in [0.25, 0.3) is 0 Å². The minimum absolute atomic E-state index is 0.0920. The van der Waals surface area contributed by atoms with Gasteiger partial charge in [-0.1, -0.05) is 36.4 Å². The van der Waals surface area contributed by atoms with Gasteiger partial charge in [-0.2, -0.15) is 4.98 Å². The first kappa shape index (κ1) is 15.5. The smallest absolute Gasteiger partial charge is 0.241 e. The molecule has 1 aliphatic heterocycles. The van der Waals surface area contributed by atoms with Crippen LogP contribution in [0.4, 0.5) is 11.9 Å². The second-order valence-electron chi connectivity index (χ2n) is 6.32. The Bertz CT molecular complexity index is 887. The lowest BCUT2D eigenvalue weighted by Gasteiger charge is -2.32. The first-order chi connectivity index (χ1) is 12.2. The van der Waals surface area contributed by atoms with E-state index in [-0.39, 0.29) is 18.0 Å². The molecule has 4 rings (SSSR count). The molecule has 6 nitrogen and oxygen atoms in total. The SMILES string of the molecule is COc1ccc([C@H]2C[C@@H](c3ccccc3C)n3nc(N)nc3N2)cc1. The van der Waals surface area contributed by atoms with Crippen molar-refractivity contribution in [3.05, 3.63) is 65.2 Å². The summed E-state index contributed by atoms with van der Waals surface area (Å²) < 4.78 is 7.16. The molecule has 0 saturated carbocycles. The number of hydrogen-bond donors (Lipinski definition) is 2. The number of aryl methyl sites for hydroxylation is 1. The van der Waals surface area contributed by atoms with Crippen molar-refractivity contribution in [2.24, 2.45) is 0 Å². The molecule has 3 N–H and O–H groups in total. The summed E-state index contributed by atoms with van der Waals surface area (Å²) in [5, 5.41) is 7.87. The summed E-state index contributed by atoms with van der Waals surface area (Å²) in [6, 6.07) is 16.7. The standard InChI is InChI=1S/C19H21N5O/c1-12-5-3-4-6-15(12)17-11-16(13-7-9-14(25-2)10-8-13)21-19-22-18(20)23-24(17)19/h3-10,16-17H,11H2,1-2H3,(H3,20,21,22,23)/t16-,17+/m1/s1. The summed E-state index contributed by atoms with van der Waals surface area (Å²) in [4.78, 5) is 4.36. The molecule has 0 radical (unpaired) electrons. The maximum absolute atomic E-state index is 5.86. The van der Waals surface area contributed by atoms with Crippen molar-refractivity contribution in [3.63, 3.8) is 0 Å². The Hall–Kier alpha value is -3.02. The normalized spacial score (nSPS) is 19.1. The molecule has 0 fully saturated rings. The topological polar surface area (TPSA) is 78.0 Å². The van der Waals surface area contributed by atoms with Crippen molar-refractivity contribution < 1.29 is 4.74 Å². The number of benzene rings is 2. The van der Waals surface area contributed by atoms with Gasteiger partial charge in [-0.15, -0.1) is 5.10 Å². The Morgan fingerprint density at radius 2 is 1.92 bits per heavy atom. The van der Waals surface area contributed by atoms with E-state index in [1.165, 1.54) is 16.7 Å². The highest BCUT2D eigenvalue weighted by molar-refractivity contribution is 5.43. The van der Waals surface area contributed by atoms with Crippen LogP contribution in [0.3, 0.4) is 0 Å². The zero-order chi connectivity index (χ0) is 17.4. The average Bonchev–Trinajstić information content (AvgIpc) is 3.01. The number of aromatic nitrogens is 3. The van der Waals surface area contributed by atoms with Gasteiger partial charge in [-0.25, -0.2) is 4.68 Å². The van der Waals surface area contributed by atoms with Crippen LogP contribution in [0.15, 0.2) is 48.5 Å². The van der Waals surface area contributed by atoms with Crippen LogP contribution in [0, 0.1) is 6.92 Å². The number of rotatable bonds is 3. The average molecular weight is 335 g/mol. The summed E-state index contributed by atoms with van der Waals surface area (Å²) >= 11 is 0. The second kappa shape index (κ2) is 6.12. The lowest BCUT2D eigenvalue weighted by molar-refractivity contribution is 0.413. The van der Waals surface area contributed by atoms with E-state index in [0.29, 0.717) is 5.95 Å². The Morgan fingerprint density at radius 1 is 1.16 bits per heavy atom. The molecular weight excluding hydrogens is 314 g/mol. The number of anilines is 2. The van der Waals surface area contributed by atoms with Crippen LogP contribution < -0.4 is 15.8 Å². The van der Waals surface area contributed by atoms with E-state index in [9.17, 15) is 0 Å². The highest BCUT2D eigenvalue weighted by Gasteiger charge is 2.31. The third kappa shape index (κ3) is 2.80. The summed E-state index contributed by atoms with van der Waals surface area (Å²) in [6.07, 6.45) is 0.868. The third-order valence-corrected chi connectivity index (χ3v) is 4.77. The Balaban J connectivity index is 1.74. The predicted octanol–water partition coefficient (Wildman–Crippen LogP) is 3.32. The van der Waals surface area contributed by atoms with E-state index in [4.69, 9.17) is 10.5 Å². The fraction of sp³-hybridized carbons (Fsp3) is 0.263. The molecular formula is C19H21N5O. The van der Waals surface area contributed by atoms with E-state index in [1.54, 1.807) is 7.11 Å². The summed E-state index contributed by atoms with van der Waals surface area (Å²) in [7, 11) is 1.67. The van der Waals surface area contributed by atoms with Gasteiger partial charge in [0.25, 0.3) is 0 Å². The van der Waals surface area contributed by atoms with Gasteiger partial charge in [0, 0.05) is 0 Å². The number of nitrogens with zero attached hydrogens (tertiary/aromatic N) is 3. The number of nitrogens with one attached hydrogen (secondary N) is 1. The van der Waals surface area contributed by atoms with Gasteiger partial charge in [-0.05, 0) is 42.2 Å². The number of ether oxygens (including phenoxy) is 1. The summed E-state index contributed by atoms with van der Waals surface area (Å²) in [5.41, 5.74) is 9.53. The van der Waals surface area contributed by atoms with Gasteiger partial charge in [0.15, 0.2) is 0 Å². The maximum Gasteiger partial charge on any atom is 0.241 e. The van der Waals surface area contributed by atoms with Crippen molar-refractivity contribution in [2.75, 3.05) is 18.2 Å². The van der Waals surface area contributed by atoms with E-state index in [0.717, 1.165) is 12.2 Å². The van der Waals surface area contributed by atoms with Crippen molar-refractivity contribution >= 4 is 11.9 Å². The zero-order valence-corrected chi connectivity index (χ0v) is 14.3. The highest BCUT2D eigenvalue weighted by atomic mass is 16.5. The van der Waals surface area contributed by atoms with Gasteiger partial charge in [0.1, 0.15) is 5.75 Å². The molecule has 2 atom stereocenters. The van der Waals surface area contributed by atoms with Gasteiger partial charge in [-0.3, -0.25) is 0 Å². The molecule has 6 heteroatoms. The minimum atomic E-state index is 0.0920. The predicted molar refractivity (Wildman–Crippen MR) is 97.7 cm³/mol. The molecule has 0 amide bonds. The number of nitrogen functional groups attached to an aromatic ring is 1. The molecule has 0 spiro atoms. The van der Waals surface area contributed by atoms with E-state index in [1.807, 2.05) is 16.8 Å². The Morgan fingerprint density at radius 3 is 2.64 bits per heavy atom. The van der Waals surface area contributed by atoms with Crippen LogP contribution in [0.5, 0.6) is 5.75 Å². The molecule has 25 heavy (non-hydrogen) atoms. The van der Waals surface area contributed by atoms with Crippen LogP contribution >= 0.6 is 0 Å². The first-order valence-corrected chi connectivity index (χ1v) is 8.33. The molecule has 2 heterocycles. The second-order valence-corrected chi connectivity index (χ2v) is 6.32. The summed E-state index contributed by atoms with van der Waals surface area (Å²) in [5.74, 6) is 1.84. The fourth-order valence-corrected chi connectivity index (χ4v) is 3.47. The molecule has 0 unspecified atom stereocenters. The molecule has 0 bridgehead atoms. The lowest BCUT2D eigenvalue weighted by atomic mass is 9.91. The molecule has 0 saturated heterocycles. The van der Waals surface area contributed by atoms with Gasteiger partial charge >= 0.3 is 0 Å². The van der Waals surface area contributed by atoms with Gasteiger partial charge in [0.2, 0.25) is 11.9 Å². The summed E-state index contributed by atoms with van der Waals surface area (Å²) in [6.45, 7) is 2.12. The van der Waals surface area contributed by atoms with Crippen LogP contribution in [-0.4, -0.2) is 21.9 Å². The van der Waals surface area contributed by atoms with E-state index in [2.05, 4.69) is 58.7 Å². The molecule has 2 aromatic carbocycles. The van der Waals surface area contributed by atoms with Gasteiger partial charge in [0.05, 0.1) is 19.2 Å². The molecule has 128 valence electrons. The molecule has 0 aliphatic carbocycles. The monoisotopic (exact) mass is 335 g/mol. The Kier molecular flexibility index (Phi) is 3.80. The number of methoxy groups -OCH3 is 1. The fourth-order valence-electron chi connectivity index (χ4n) is 3.47. The van der Waals surface area contributed by atoms with Crippen molar-refractivity contribution in [2.45, 2.75) is 25.4 Å². The van der Waals surface area contributed by atoms with Gasteiger partial charge < -0.3 is 15.8 Å². The highest BCUT2D eigenvalue weighted by Crippen LogP contribution is 2.39. The van der Waals surface area contributed by atoms with Crippen LogP contribution in [-0.2, 0) is 0 Å². The van der Waals surface area contributed by atoms with Crippen molar-refractivity contribution in [1.29, 1.82) is 0 Å². The largest absolute Gasteiger partial charge is 0.497 e. The number of hydrogen-bond acceptors (Lipinski definition) is 5. The Labute approximate surface area is 146 Å². The number of nitrogens with two attached hydrogens (primary N) is 1. The maximum atomic E-state index is 5.86. The number of fused-ring (bicyclic) bond motifs is 1. The van der Waals surface area contributed by atoms with Crippen LogP contribution in [0.2, 0.25) is 0 Å². The third-order valence-electron chi connectivity index (χ3n) is 4.77. The van der Waals surface area contributed by atoms with E-state index < -0.39 is 0 Å². The quantitative estimate of drug-likeness (QED) is 0.768. The first-order valence-electron chi connectivity index (χ1n) is 8.33. The lowest BCUT2D eigenvalue weighted by Crippen LogP contribution is -2.28. The van der Waals surface area contributed by atoms with Crippen molar-refractivity contribution in [1.82, 2.24) is 14.8 Å². The minimum Gasteiger partial charge on any atom is -0.497 e.